The number of benzene rings is 2. The van der Waals surface area contributed by atoms with Gasteiger partial charge in [-0.2, -0.15) is 0 Å². The minimum absolute atomic E-state index is 0. The Morgan fingerprint density at radius 3 is 2.65 bits per heavy atom. The van der Waals surface area contributed by atoms with E-state index in [0.717, 1.165) is 16.3 Å². The van der Waals surface area contributed by atoms with E-state index in [1.54, 1.807) is 0 Å². The fourth-order valence-corrected chi connectivity index (χ4v) is 2.78. The summed E-state index contributed by atoms with van der Waals surface area (Å²) in [4.78, 5) is 23.5. The molecule has 2 unspecified atom stereocenters. The van der Waals surface area contributed by atoms with Gasteiger partial charge >= 0.3 is 0 Å². The van der Waals surface area contributed by atoms with Crippen LogP contribution < -0.4 is 16.4 Å². The number of halogens is 1. The van der Waals surface area contributed by atoms with Gasteiger partial charge in [0, 0.05) is 19.5 Å². The number of nitrogens with two attached hydrogens (primary N) is 1. The molecule has 5 nitrogen and oxygen atoms in total. The average molecular weight is 334 g/mol. The summed E-state index contributed by atoms with van der Waals surface area (Å²) < 4.78 is 0. The normalized spacial score (nSPS) is 18.1. The first-order valence-electron chi connectivity index (χ1n) is 7.43. The molecule has 0 aliphatic carbocycles. The van der Waals surface area contributed by atoms with Gasteiger partial charge in [-0.25, -0.2) is 0 Å². The van der Waals surface area contributed by atoms with Crippen LogP contribution >= 0.6 is 12.4 Å². The van der Waals surface area contributed by atoms with Gasteiger partial charge in [-0.1, -0.05) is 36.4 Å². The van der Waals surface area contributed by atoms with E-state index in [9.17, 15) is 9.59 Å². The zero-order chi connectivity index (χ0) is 15.5. The maximum Gasteiger partial charge on any atom is 0.225 e. The maximum absolute atomic E-state index is 12.2. The quantitative estimate of drug-likeness (QED) is 0.793. The van der Waals surface area contributed by atoms with Crippen molar-refractivity contribution < 1.29 is 9.59 Å². The molecule has 1 aliphatic heterocycles. The molecule has 1 heterocycles. The van der Waals surface area contributed by atoms with Crippen LogP contribution in [0.3, 0.4) is 0 Å². The number of hydrogen-bond acceptors (Lipinski definition) is 3. The van der Waals surface area contributed by atoms with E-state index in [1.165, 1.54) is 0 Å². The van der Waals surface area contributed by atoms with Crippen molar-refractivity contribution in [1.82, 2.24) is 10.6 Å². The summed E-state index contributed by atoms with van der Waals surface area (Å²) in [6, 6.07) is 13.9. The van der Waals surface area contributed by atoms with Gasteiger partial charge in [0.05, 0.1) is 12.0 Å². The van der Waals surface area contributed by atoms with E-state index < -0.39 is 0 Å². The van der Waals surface area contributed by atoms with Crippen molar-refractivity contribution in [3.05, 3.63) is 48.0 Å². The van der Waals surface area contributed by atoms with E-state index >= 15 is 0 Å². The lowest BCUT2D eigenvalue weighted by Crippen LogP contribution is -2.38. The first kappa shape index (κ1) is 17.2. The minimum atomic E-state index is -0.304. The minimum Gasteiger partial charge on any atom is -0.355 e. The predicted molar refractivity (Wildman–Crippen MR) is 92.3 cm³/mol. The number of carbonyl (C=O) groups excluding carboxylic acids is 2. The second-order valence-electron chi connectivity index (χ2n) is 5.61. The number of hydrogen-bond donors (Lipinski definition) is 3. The van der Waals surface area contributed by atoms with Gasteiger partial charge in [-0.15, -0.1) is 12.4 Å². The number of carbonyl (C=O) groups is 2. The molecule has 0 radical (unpaired) electrons. The van der Waals surface area contributed by atoms with Crippen molar-refractivity contribution in [2.24, 2.45) is 11.7 Å². The molecule has 1 fully saturated rings. The highest BCUT2D eigenvalue weighted by atomic mass is 35.5. The molecule has 2 atom stereocenters. The summed E-state index contributed by atoms with van der Waals surface area (Å²) in [6.07, 6.45) is 0.251. The number of amides is 2. The molecule has 0 aromatic heterocycles. The number of fused-ring (bicyclic) bond motifs is 1. The Hall–Kier alpha value is -2.11. The van der Waals surface area contributed by atoms with Crippen LogP contribution in [0.25, 0.3) is 10.8 Å². The topological polar surface area (TPSA) is 84.2 Å². The van der Waals surface area contributed by atoms with E-state index in [4.69, 9.17) is 5.73 Å². The third-order valence-electron chi connectivity index (χ3n) is 4.08. The van der Waals surface area contributed by atoms with E-state index in [-0.39, 0.29) is 42.6 Å². The zero-order valence-electron chi connectivity index (χ0n) is 12.6. The lowest BCUT2D eigenvalue weighted by Gasteiger charge is -2.19. The molecule has 6 heteroatoms. The zero-order valence-corrected chi connectivity index (χ0v) is 13.4. The number of rotatable bonds is 4. The summed E-state index contributed by atoms with van der Waals surface area (Å²) in [5.74, 6) is -0.501. The van der Waals surface area contributed by atoms with Gasteiger partial charge in [-0.05, 0) is 22.4 Å². The number of nitrogens with one attached hydrogen (secondary N) is 2. The Bertz CT molecular complexity index is 720. The van der Waals surface area contributed by atoms with Crippen LogP contribution in [0.15, 0.2) is 42.5 Å². The molecule has 0 spiro atoms. The molecule has 4 N–H and O–H groups in total. The van der Waals surface area contributed by atoms with Crippen LogP contribution in [0.1, 0.15) is 18.0 Å². The Labute approximate surface area is 141 Å². The maximum atomic E-state index is 12.2. The lowest BCUT2D eigenvalue weighted by atomic mass is 10.0. The van der Waals surface area contributed by atoms with Gasteiger partial charge in [0.2, 0.25) is 11.8 Å². The molecule has 2 aromatic carbocycles. The Morgan fingerprint density at radius 1 is 1.26 bits per heavy atom. The molecule has 3 rings (SSSR count). The highest BCUT2D eigenvalue weighted by molar-refractivity contribution is 5.89. The predicted octanol–water partition coefficient (Wildman–Crippen LogP) is 1.51. The van der Waals surface area contributed by atoms with Crippen molar-refractivity contribution in [3.63, 3.8) is 0 Å². The molecule has 23 heavy (non-hydrogen) atoms. The van der Waals surface area contributed by atoms with Crippen LogP contribution in [0.5, 0.6) is 0 Å². The van der Waals surface area contributed by atoms with Crippen molar-refractivity contribution in [2.45, 2.75) is 12.5 Å². The molecular weight excluding hydrogens is 314 g/mol. The van der Waals surface area contributed by atoms with Crippen molar-refractivity contribution in [1.29, 1.82) is 0 Å². The second kappa shape index (κ2) is 7.44. The van der Waals surface area contributed by atoms with E-state index in [0.29, 0.717) is 13.1 Å². The largest absolute Gasteiger partial charge is 0.355 e. The first-order chi connectivity index (χ1) is 10.7. The van der Waals surface area contributed by atoms with Crippen LogP contribution in [0.2, 0.25) is 0 Å². The van der Waals surface area contributed by atoms with Crippen molar-refractivity contribution in [3.8, 4) is 0 Å². The standard InChI is InChI=1S/C17H19N3O2.ClH/c18-9-15(20-17(22)14-8-16(21)19-10-14)13-6-5-11-3-1-2-4-12(11)7-13;/h1-7,14-15H,8-10,18H2,(H,19,21)(H,20,22);1H. The Morgan fingerprint density at radius 2 is 2.00 bits per heavy atom. The van der Waals surface area contributed by atoms with Gasteiger partial charge in [0.15, 0.2) is 0 Å². The van der Waals surface area contributed by atoms with Gasteiger partial charge in [0.1, 0.15) is 0 Å². The van der Waals surface area contributed by atoms with Crippen LogP contribution in [-0.4, -0.2) is 24.9 Å². The average Bonchev–Trinajstić information content (AvgIpc) is 2.98. The third-order valence-corrected chi connectivity index (χ3v) is 4.08. The Balaban J connectivity index is 0.00000192. The monoisotopic (exact) mass is 333 g/mol. The fraction of sp³-hybridized carbons (Fsp3) is 0.294. The summed E-state index contributed by atoms with van der Waals surface area (Å²) in [5.41, 5.74) is 6.80. The van der Waals surface area contributed by atoms with E-state index in [1.807, 2.05) is 42.5 Å². The fourth-order valence-electron chi connectivity index (χ4n) is 2.78. The first-order valence-corrected chi connectivity index (χ1v) is 7.43. The smallest absolute Gasteiger partial charge is 0.225 e. The summed E-state index contributed by atoms with van der Waals surface area (Å²) >= 11 is 0. The molecule has 1 saturated heterocycles. The van der Waals surface area contributed by atoms with Crippen LogP contribution in [0.4, 0.5) is 0 Å². The molecule has 122 valence electrons. The van der Waals surface area contributed by atoms with Gasteiger partial charge in [0.25, 0.3) is 0 Å². The summed E-state index contributed by atoms with van der Waals surface area (Å²) in [7, 11) is 0. The lowest BCUT2D eigenvalue weighted by molar-refractivity contribution is -0.127. The highest BCUT2D eigenvalue weighted by Gasteiger charge is 2.29. The van der Waals surface area contributed by atoms with Crippen molar-refractivity contribution >= 4 is 35.0 Å². The van der Waals surface area contributed by atoms with E-state index in [2.05, 4.69) is 10.6 Å². The van der Waals surface area contributed by atoms with Crippen LogP contribution in [-0.2, 0) is 9.59 Å². The summed E-state index contributed by atoms with van der Waals surface area (Å²) in [5, 5.41) is 7.90. The second-order valence-corrected chi connectivity index (χ2v) is 5.61. The molecule has 0 bridgehead atoms. The van der Waals surface area contributed by atoms with Crippen LogP contribution in [0, 0.1) is 5.92 Å². The molecular formula is C17H20ClN3O2. The highest BCUT2D eigenvalue weighted by Crippen LogP contribution is 2.21. The summed E-state index contributed by atoms with van der Waals surface area (Å²) in [6.45, 7) is 0.720. The van der Waals surface area contributed by atoms with Gasteiger partial charge in [-0.3, -0.25) is 9.59 Å². The molecule has 1 aliphatic rings. The molecule has 0 saturated carbocycles. The molecule has 2 amide bonds. The third kappa shape index (κ3) is 3.81. The van der Waals surface area contributed by atoms with Crippen molar-refractivity contribution in [2.75, 3.05) is 13.1 Å². The molecule has 2 aromatic rings. The SMILES string of the molecule is Cl.NCC(NC(=O)C1CNC(=O)C1)c1ccc2ccccc2c1. The van der Waals surface area contributed by atoms with Gasteiger partial charge < -0.3 is 16.4 Å². The Kier molecular flexibility index (Phi) is 5.58.